The van der Waals surface area contributed by atoms with E-state index in [1.165, 1.54) is 5.56 Å². The molecule has 1 saturated carbocycles. The van der Waals surface area contributed by atoms with Crippen LogP contribution in [0.25, 0.3) is 22.1 Å². The highest BCUT2D eigenvalue weighted by Gasteiger charge is 2.45. The number of aryl methyl sites for hydroxylation is 9. The van der Waals surface area contributed by atoms with Crippen LogP contribution in [0.15, 0.2) is 82.8 Å². The fraction of sp³-hybridized carbons (Fsp3) is 0.586. The highest BCUT2D eigenvalue weighted by molar-refractivity contribution is 5.99. The third-order valence-electron chi connectivity index (χ3n) is 22.5. The minimum absolute atomic E-state index is 0.0756. The number of aromatic nitrogens is 8. The minimum Gasteiger partial charge on any atom is -0.379 e. The number of likely N-dealkylation sites (N-methyl/N-ethyl adjacent to an activating group) is 1. The zero-order valence-corrected chi connectivity index (χ0v) is 73.3. The zero-order chi connectivity index (χ0) is 89.3. The minimum atomic E-state index is -0.857. The van der Waals surface area contributed by atoms with Gasteiger partial charge in [0.1, 0.15) is 36.7 Å². The van der Waals surface area contributed by atoms with Crippen molar-refractivity contribution >= 4 is 81.1 Å². The van der Waals surface area contributed by atoms with Crippen LogP contribution in [0, 0.1) is 19.8 Å². The van der Waals surface area contributed by atoms with E-state index >= 15 is 0 Å². The molecule has 38 nitrogen and oxygen atoms in total. The third-order valence-corrected chi connectivity index (χ3v) is 22.5. The lowest BCUT2D eigenvalue weighted by Crippen LogP contribution is -2.58. The monoisotopic (exact) mass is 1740 g/mol. The summed E-state index contributed by atoms with van der Waals surface area (Å²) in [6.07, 6.45) is 7.39. The van der Waals surface area contributed by atoms with Crippen molar-refractivity contribution in [1.82, 2.24) is 74.6 Å². The van der Waals surface area contributed by atoms with Crippen LogP contribution in [0.4, 0.5) is 0 Å². The van der Waals surface area contributed by atoms with Crippen LogP contribution in [-0.4, -0.2) is 271 Å². The molecule has 10 N–H and O–H groups in total. The van der Waals surface area contributed by atoms with Crippen molar-refractivity contribution in [3.8, 4) is 0 Å². The molecule has 1 aliphatic heterocycles. The number of carbonyl (C=O) groups excluding carboxylic acids is 10. The number of carbonyl (C=O) groups is 10. The largest absolute Gasteiger partial charge is 0.379 e. The summed E-state index contributed by atoms with van der Waals surface area (Å²) in [4.78, 5) is 145. The summed E-state index contributed by atoms with van der Waals surface area (Å²) in [5.74, 6) is -4.29. The topological polar surface area (TPSA) is 461 Å². The van der Waals surface area contributed by atoms with Gasteiger partial charge in [0.05, 0.1) is 151 Å². The fourth-order valence-electron chi connectivity index (χ4n) is 15.8. The molecule has 3 aromatic carbocycles. The summed E-state index contributed by atoms with van der Waals surface area (Å²) in [6, 6.07) is 18.5. The predicted molar refractivity (Wildman–Crippen MR) is 459 cm³/mol. The number of nitrogens with zero attached hydrogens (tertiary/aromatic N) is 11. The van der Waals surface area contributed by atoms with Crippen molar-refractivity contribution in [3.05, 3.63) is 129 Å². The van der Waals surface area contributed by atoms with Gasteiger partial charge in [0.2, 0.25) is 58.5 Å². The molecule has 5 atom stereocenters. The van der Waals surface area contributed by atoms with E-state index in [1.54, 1.807) is 114 Å². The molecule has 0 radical (unpaired) electrons. The predicted octanol–water partition coefficient (Wildman–Crippen LogP) is 2.58. The van der Waals surface area contributed by atoms with E-state index in [1.807, 2.05) is 41.2 Å². The average molecular weight is 1740 g/mol. The Bertz CT molecular complexity index is 4780. The molecule has 0 bridgehead atoms. The molecule has 2 fully saturated rings. The molecular weight excluding hydrogens is 1620 g/mol. The van der Waals surface area contributed by atoms with E-state index in [4.69, 9.17) is 54.1 Å². The molecule has 38 heteroatoms. The summed E-state index contributed by atoms with van der Waals surface area (Å²) in [5.41, 5.74) is 19.1. The number of amides is 10. The molecule has 4 aromatic heterocycles. The molecule has 10 amide bonds. The summed E-state index contributed by atoms with van der Waals surface area (Å²) < 4.78 is 61.7. The number of fused-ring (bicyclic) bond motifs is 3. The molecule has 2 aliphatic carbocycles. The van der Waals surface area contributed by atoms with Gasteiger partial charge < -0.3 is 109 Å². The van der Waals surface area contributed by atoms with E-state index in [0.29, 0.717) is 111 Å². The summed E-state index contributed by atoms with van der Waals surface area (Å²) in [7, 11) is 5.16. The molecule has 0 spiro atoms. The number of benzene rings is 3. The first-order valence-corrected chi connectivity index (χ1v) is 43.4. The number of hydrogen-bond acceptors (Lipinski definition) is 22. The van der Waals surface area contributed by atoms with Crippen molar-refractivity contribution in [3.63, 3.8) is 0 Å². The first-order chi connectivity index (χ1) is 60.4. The number of nitrogens with two attached hydrogens (primary N) is 2. The van der Waals surface area contributed by atoms with Crippen molar-refractivity contribution in [2.24, 2.45) is 41.5 Å². The van der Waals surface area contributed by atoms with E-state index in [-0.39, 0.29) is 182 Å². The second-order valence-electron chi connectivity index (χ2n) is 31.3. The zero-order valence-electron chi connectivity index (χ0n) is 73.3. The highest BCUT2D eigenvalue weighted by Crippen LogP contribution is 2.33. The van der Waals surface area contributed by atoms with Crippen molar-refractivity contribution in [2.75, 3.05) is 139 Å². The van der Waals surface area contributed by atoms with Gasteiger partial charge in [-0.05, 0) is 159 Å². The molecule has 1 saturated heterocycles. The van der Waals surface area contributed by atoms with Crippen LogP contribution in [0.3, 0.4) is 0 Å². The summed E-state index contributed by atoms with van der Waals surface area (Å²) >= 11 is 0. The summed E-state index contributed by atoms with van der Waals surface area (Å²) in [6.45, 7) is 14.3. The van der Waals surface area contributed by atoms with Crippen LogP contribution in [0.2, 0.25) is 0 Å². The number of nitrogens with one attached hydrogen (secondary N) is 6. The average Bonchev–Trinajstić information content (AvgIpc) is 1.62. The summed E-state index contributed by atoms with van der Waals surface area (Å²) in [5, 5.41) is 26.8. The molecule has 10 rings (SSSR count). The number of hydrogen-bond donors (Lipinski definition) is 8. The van der Waals surface area contributed by atoms with Crippen molar-refractivity contribution in [2.45, 2.75) is 174 Å². The molecule has 125 heavy (non-hydrogen) atoms. The van der Waals surface area contributed by atoms with Gasteiger partial charge >= 0.3 is 0 Å². The van der Waals surface area contributed by atoms with Gasteiger partial charge in [0.15, 0.2) is 0 Å². The smallest absolute Gasteiger partial charge is 0.298 e. The molecular formula is C87H125N19O19. The van der Waals surface area contributed by atoms with Crippen LogP contribution < -0.4 is 54.6 Å². The Hall–Kier alpha value is -10.7. The Labute approximate surface area is 726 Å². The fourth-order valence-corrected chi connectivity index (χ4v) is 15.8. The van der Waals surface area contributed by atoms with Crippen LogP contribution in [-0.2, 0) is 118 Å². The second kappa shape index (κ2) is 49.3. The van der Waals surface area contributed by atoms with E-state index in [0.717, 1.165) is 56.9 Å². The number of ether oxygens (including phenoxy) is 9. The lowest BCUT2D eigenvalue weighted by atomic mass is 9.83. The third kappa shape index (κ3) is 27.9. The Kier molecular flexibility index (Phi) is 38.1. The van der Waals surface area contributed by atoms with Gasteiger partial charge in [-0.2, -0.15) is 20.2 Å². The van der Waals surface area contributed by atoms with Crippen molar-refractivity contribution < 1.29 is 90.6 Å². The maximum absolute atomic E-state index is 14.7. The van der Waals surface area contributed by atoms with Crippen molar-refractivity contribution in [1.29, 1.82) is 0 Å². The number of imidazole rings is 2. The Morgan fingerprint density at radius 1 is 0.552 bits per heavy atom. The van der Waals surface area contributed by atoms with Gasteiger partial charge in [-0.15, -0.1) is 0 Å². The Morgan fingerprint density at radius 3 is 1.56 bits per heavy atom. The lowest BCUT2D eigenvalue weighted by molar-refractivity contribution is -0.143. The van der Waals surface area contributed by atoms with Gasteiger partial charge in [0.25, 0.3) is 11.8 Å². The van der Waals surface area contributed by atoms with E-state index in [2.05, 4.69) is 58.1 Å². The van der Waals surface area contributed by atoms with Crippen LogP contribution in [0.5, 0.6) is 0 Å². The number of primary amides is 2. The van der Waals surface area contributed by atoms with Crippen LogP contribution >= 0.6 is 0 Å². The molecule has 682 valence electrons. The maximum Gasteiger partial charge on any atom is 0.298 e. The molecule has 7 aromatic rings. The van der Waals surface area contributed by atoms with E-state index in [9.17, 15) is 47.9 Å². The first-order valence-electron chi connectivity index (χ1n) is 43.4. The molecule has 3 aliphatic rings. The van der Waals surface area contributed by atoms with Crippen LogP contribution in [0.1, 0.15) is 162 Å². The lowest BCUT2D eigenvalue weighted by Gasteiger charge is -2.35. The number of rotatable bonds is 52. The second-order valence-corrected chi connectivity index (χ2v) is 31.3. The normalized spacial score (nSPS) is 16.4. The maximum atomic E-state index is 14.7. The SMILES string of the molecule is CCn1nc(C)cc1C(=O)N=c1n(C)c2cc(C(N)=O)ccc2n1CCC(CCn1c(=NC(=O)c2cc(C)nn2CC)n(C)c2cc(C(N)=O)ccc21)OCC(=O)NCCOCCOCCOCCOCCC(=O)NCCOCCOCCOCCOCC(=O)N[C@H]1C[C@@H](C(=O)NC2CCCc3ccccc32)N(C(=O)[C@@H](NC(=O)[C@H](C)NC)C2CCCCC2)C1. The quantitative estimate of drug-likeness (QED) is 0.0254. The number of likely N-dealkylation sites (tertiary alicyclic amines) is 1. The first kappa shape index (κ1) is 96.5. The van der Waals surface area contributed by atoms with Gasteiger partial charge in [0, 0.05) is 83.5 Å². The molecule has 1 unspecified atom stereocenters. The Balaban J connectivity index is 0.569. The highest BCUT2D eigenvalue weighted by atomic mass is 16.6. The van der Waals surface area contributed by atoms with E-state index < -0.39 is 59.8 Å². The standard InChI is InChI=1S/C87H125N19O19/c1-9-105-73(49-57(3)98-105)83(114)96-86-100(7)70-51-62(79(88)110)23-25-68(70)102(86)32-27-65(28-33-103-69-26-24-63(80(89)111)52-71(69)101(8)87(103)97-84(115)74-50-58(4)99-106(74)10-2)125-56-76(108)92-31-36-119-39-42-121-44-43-120-40-37-117-34-29-75(107)91-30-35-118-38-41-122-45-46-123-47-48-124-55-77(109)93-64-53-72(82(113)94-67-22-16-20-60-17-14-15-21-66(60)67)104(54-64)85(116)78(61-18-12-11-13-19-61)95-81(112)59(5)90-6/h14-15,17,21,23-26,49-52,59,61,64-65,67,72,78,90H,9-13,16,18-20,22,27-48,53-56H2,1-8H3,(H2,88,110)(H2,89,111)(H,91,107)(H,92,108)(H,93,109)(H,94,113)(H,95,112)/t59-,64-,65?,67?,72-,78-/m0/s1. The molecule has 5 heterocycles. The van der Waals surface area contributed by atoms with Gasteiger partial charge in [-0.25, -0.2) is 0 Å². The van der Waals surface area contributed by atoms with Gasteiger partial charge in [-0.3, -0.25) is 57.3 Å². The Morgan fingerprint density at radius 2 is 1.05 bits per heavy atom. The van der Waals surface area contributed by atoms with Gasteiger partial charge in [-0.1, -0.05) is 43.5 Å².